The van der Waals surface area contributed by atoms with E-state index in [1.807, 2.05) is 6.20 Å². The first kappa shape index (κ1) is 23.4. The van der Waals surface area contributed by atoms with Gasteiger partial charge in [-0.15, -0.1) is 0 Å². The lowest BCUT2D eigenvalue weighted by molar-refractivity contribution is 0.318. The number of benzene rings is 2. The molecule has 1 spiro atoms. The molecule has 4 unspecified atom stereocenters. The van der Waals surface area contributed by atoms with Gasteiger partial charge in [-0.2, -0.15) is 0 Å². The second kappa shape index (κ2) is 8.42. The van der Waals surface area contributed by atoms with Crippen molar-refractivity contribution in [2.75, 3.05) is 0 Å². The Hall–Kier alpha value is -3.22. The SMILES string of the molecule is c1cc(-c2ccc(-c3cnc([C@@H]4CC5CC5N4)[nH]3)c3c2CC2(CCCC2)C3)ccc1-c1cnc([C@@H]2CC3CC3N2)[nH]1. The van der Waals surface area contributed by atoms with E-state index in [1.54, 1.807) is 11.1 Å². The molecule has 0 radical (unpaired) electrons. The number of hydrogen-bond acceptors (Lipinski definition) is 4. The summed E-state index contributed by atoms with van der Waals surface area (Å²) in [6.45, 7) is 0. The van der Waals surface area contributed by atoms with Crippen LogP contribution in [0.3, 0.4) is 0 Å². The Morgan fingerprint density at radius 2 is 1.17 bits per heavy atom. The molecule has 2 saturated heterocycles. The van der Waals surface area contributed by atoms with Crippen molar-refractivity contribution in [3.05, 3.63) is 71.6 Å². The van der Waals surface area contributed by atoms with E-state index in [1.165, 1.54) is 92.2 Å². The van der Waals surface area contributed by atoms with Crippen molar-refractivity contribution in [3.63, 3.8) is 0 Å². The van der Waals surface area contributed by atoms with Gasteiger partial charge in [0.25, 0.3) is 0 Å². The summed E-state index contributed by atoms with van der Waals surface area (Å²) in [6.07, 6.45) is 17.1. The summed E-state index contributed by atoms with van der Waals surface area (Å²) in [7, 11) is 0. The largest absolute Gasteiger partial charge is 0.341 e. The van der Waals surface area contributed by atoms with E-state index in [4.69, 9.17) is 9.97 Å². The molecule has 6 aliphatic rings. The van der Waals surface area contributed by atoms with Gasteiger partial charge in [0, 0.05) is 17.6 Å². The highest BCUT2D eigenvalue weighted by atomic mass is 15.1. The van der Waals surface area contributed by atoms with Gasteiger partial charge in [0.2, 0.25) is 0 Å². The van der Waals surface area contributed by atoms with Crippen LogP contribution in [0.5, 0.6) is 0 Å². The summed E-state index contributed by atoms with van der Waals surface area (Å²) < 4.78 is 0. The highest BCUT2D eigenvalue weighted by Crippen LogP contribution is 2.53. The van der Waals surface area contributed by atoms with Crippen LogP contribution in [0.2, 0.25) is 0 Å². The van der Waals surface area contributed by atoms with E-state index in [2.05, 4.69) is 63.2 Å². The molecule has 2 aromatic heterocycles. The molecule has 6 nitrogen and oxygen atoms in total. The molecule has 10 rings (SSSR count). The van der Waals surface area contributed by atoms with Crippen LogP contribution in [0.4, 0.5) is 0 Å². The van der Waals surface area contributed by atoms with E-state index in [9.17, 15) is 0 Å². The summed E-state index contributed by atoms with van der Waals surface area (Å²) in [5.74, 6) is 3.95. The molecule has 4 heterocycles. The number of rotatable bonds is 5. The van der Waals surface area contributed by atoms with E-state index >= 15 is 0 Å². The number of imidazole rings is 2. The van der Waals surface area contributed by atoms with Crippen molar-refractivity contribution < 1.29 is 0 Å². The van der Waals surface area contributed by atoms with Crippen LogP contribution in [0.25, 0.3) is 33.6 Å². The number of nitrogens with one attached hydrogen (secondary N) is 4. The van der Waals surface area contributed by atoms with Crippen LogP contribution in [-0.2, 0) is 12.8 Å². The van der Waals surface area contributed by atoms with Crippen LogP contribution in [0, 0.1) is 17.3 Å². The average Bonchev–Trinajstić information content (AvgIpc) is 3.54. The van der Waals surface area contributed by atoms with Crippen LogP contribution in [0.1, 0.15) is 86.2 Å². The minimum Gasteiger partial charge on any atom is -0.341 e. The number of hydrogen-bond donors (Lipinski definition) is 4. The predicted octanol–water partition coefficient (Wildman–Crippen LogP) is 6.64. The molecule has 5 fully saturated rings. The third kappa shape index (κ3) is 3.76. The number of nitrogens with zero attached hydrogens (tertiary/aromatic N) is 2. The Morgan fingerprint density at radius 1 is 0.610 bits per heavy atom. The predicted molar refractivity (Wildman–Crippen MR) is 160 cm³/mol. The Kier molecular flexibility index (Phi) is 4.80. The summed E-state index contributed by atoms with van der Waals surface area (Å²) in [5.41, 5.74) is 11.2. The molecule has 6 atom stereocenters. The first-order valence-electron chi connectivity index (χ1n) is 16.1. The number of fused-ring (bicyclic) bond motifs is 3. The minimum atomic E-state index is 0.391. The first-order valence-corrected chi connectivity index (χ1v) is 16.1. The molecular formula is C35H38N6. The zero-order chi connectivity index (χ0) is 26.7. The van der Waals surface area contributed by atoms with Gasteiger partial charge in [-0.3, -0.25) is 0 Å². The van der Waals surface area contributed by atoms with Crippen molar-refractivity contribution in [3.8, 4) is 33.6 Å². The summed E-state index contributed by atoms with van der Waals surface area (Å²) >= 11 is 0. The molecular weight excluding hydrogens is 504 g/mol. The molecule has 4 N–H and O–H groups in total. The third-order valence-electron chi connectivity index (χ3n) is 11.6. The summed E-state index contributed by atoms with van der Waals surface area (Å²) in [5, 5.41) is 7.48. The second-order valence-electron chi connectivity index (χ2n) is 14.2. The number of aromatic nitrogens is 4. The summed E-state index contributed by atoms with van der Waals surface area (Å²) in [6, 6.07) is 16.2. The molecule has 0 amide bonds. The van der Waals surface area contributed by atoms with Crippen molar-refractivity contribution in [1.82, 2.24) is 30.6 Å². The lowest BCUT2D eigenvalue weighted by Crippen LogP contribution is -2.18. The first-order chi connectivity index (χ1) is 20.2. The minimum absolute atomic E-state index is 0.391. The molecule has 2 aromatic carbocycles. The smallest absolute Gasteiger partial charge is 0.123 e. The maximum absolute atomic E-state index is 4.87. The maximum Gasteiger partial charge on any atom is 0.123 e. The monoisotopic (exact) mass is 542 g/mol. The number of aromatic amines is 2. The Labute approximate surface area is 241 Å². The fraction of sp³-hybridized carbons (Fsp3) is 0.486. The fourth-order valence-corrected chi connectivity index (χ4v) is 9.11. The van der Waals surface area contributed by atoms with Gasteiger partial charge in [-0.05, 0) is 96.4 Å². The lowest BCUT2D eigenvalue weighted by atomic mass is 9.82. The van der Waals surface area contributed by atoms with Gasteiger partial charge in [0.15, 0.2) is 0 Å². The third-order valence-corrected chi connectivity index (χ3v) is 11.6. The van der Waals surface area contributed by atoms with Crippen LogP contribution < -0.4 is 10.6 Å². The fourth-order valence-electron chi connectivity index (χ4n) is 9.11. The van der Waals surface area contributed by atoms with Gasteiger partial charge in [0.1, 0.15) is 11.6 Å². The highest BCUT2D eigenvalue weighted by Gasteiger charge is 2.48. The highest BCUT2D eigenvalue weighted by molar-refractivity contribution is 5.78. The maximum atomic E-state index is 4.87. The van der Waals surface area contributed by atoms with Gasteiger partial charge in [-0.1, -0.05) is 49.2 Å². The van der Waals surface area contributed by atoms with E-state index in [0.29, 0.717) is 17.5 Å². The zero-order valence-corrected chi connectivity index (χ0v) is 23.5. The number of H-pyrrole nitrogens is 2. The lowest BCUT2D eigenvalue weighted by Gasteiger charge is -2.22. The molecule has 208 valence electrons. The molecule has 2 aliphatic heterocycles. The van der Waals surface area contributed by atoms with Crippen molar-refractivity contribution >= 4 is 0 Å². The van der Waals surface area contributed by atoms with Crippen molar-refractivity contribution in [1.29, 1.82) is 0 Å². The van der Waals surface area contributed by atoms with Gasteiger partial charge in [-0.25, -0.2) is 9.97 Å². The normalized spacial score (nSPS) is 31.9. The van der Waals surface area contributed by atoms with Gasteiger partial charge < -0.3 is 20.6 Å². The Morgan fingerprint density at radius 3 is 1.80 bits per heavy atom. The summed E-state index contributed by atoms with van der Waals surface area (Å²) in [4.78, 5) is 17.0. The molecule has 4 aliphatic carbocycles. The molecule has 0 bridgehead atoms. The zero-order valence-electron chi connectivity index (χ0n) is 23.5. The number of piperidine rings is 2. The van der Waals surface area contributed by atoms with E-state index in [-0.39, 0.29) is 0 Å². The molecule has 4 aromatic rings. The van der Waals surface area contributed by atoms with Gasteiger partial charge in [0.05, 0.1) is 35.9 Å². The average molecular weight is 543 g/mol. The van der Waals surface area contributed by atoms with Crippen LogP contribution >= 0.6 is 0 Å². The van der Waals surface area contributed by atoms with Crippen LogP contribution in [-0.4, -0.2) is 32.0 Å². The molecule has 41 heavy (non-hydrogen) atoms. The van der Waals surface area contributed by atoms with Gasteiger partial charge >= 0.3 is 0 Å². The Bertz CT molecular complexity index is 1640. The van der Waals surface area contributed by atoms with E-state index in [0.717, 1.165) is 41.3 Å². The van der Waals surface area contributed by atoms with E-state index < -0.39 is 0 Å². The van der Waals surface area contributed by atoms with Crippen molar-refractivity contribution in [2.24, 2.45) is 17.3 Å². The molecule has 3 saturated carbocycles. The quantitative estimate of drug-likeness (QED) is 0.228. The van der Waals surface area contributed by atoms with Crippen LogP contribution in [0.15, 0.2) is 48.8 Å². The molecule has 6 heteroatoms. The topological polar surface area (TPSA) is 81.4 Å². The standard InChI is InChI=1S/C35H38N6/c1-2-10-35(9-1)15-25-23(7-8-24(26(25)16-35)32-18-37-34(41-32)30-14-22-12-28(22)39-30)19-3-5-20(6-4-19)31-17-36-33(40-31)29-13-21-11-27(21)38-29/h3-8,17-18,21-22,27-30,38-39H,1-2,9-16H2,(H,36,40)(H,37,41)/t21?,22?,27?,28?,29-,30-/m0/s1. The Balaban J connectivity index is 0.970. The van der Waals surface area contributed by atoms with Crippen molar-refractivity contribution in [2.45, 2.75) is 88.4 Å². The second-order valence-corrected chi connectivity index (χ2v) is 14.2.